The van der Waals surface area contributed by atoms with Crippen LogP contribution in [-0.4, -0.2) is 11.8 Å². The molecule has 0 bridgehead atoms. The molecule has 0 spiro atoms. The summed E-state index contributed by atoms with van der Waals surface area (Å²) in [5, 5.41) is 2.36. The van der Waals surface area contributed by atoms with Crippen LogP contribution >= 0.6 is 0 Å². The average Bonchev–Trinajstić information content (AvgIpc) is 2.25. The summed E-state index contributed by atoms with van der Waals surface area (Å²) in [7, 11) is 0. The largest absolute Gasteiger partial charge is 0.292 e. The number of amides is 2. The van der Waals surface area contributed by atoms with Crippen LogP contribution < -0.4 is 5.32 Å². The minimum atomic E-state index is -0.313. The number of hydrogen-bond acceptors (Lipinski definition) is 2. The fraction of sp³-hybridized carbons (Fsp3) is 0.385. The van der Waals surface area contributed by atoms with Crippen LogP contribution in [0.1, 0.15) is 40.4 Å². The highest BCUT2D eigenvalue weighted by molar-refractivity contribution is 6.05. The van der Waals surface area contributed by atoms with Gasteiger partial charge in [-0.3, -0.25) is 14.9 Å². The molecule has 0 unspecified atom stereocenters. The first kappa shape index (κ1) is 12.4. The fourth-order valence-corrected chi connectivity index (χ4v) is 1.48. The van der Waals surface area contributed by atoms with E-state index in [9.17, 15) is 9.59 Å². The molecule has 0 radical (unpaired) electrons. The van der Waals surface area contributed by atoms with E-state index in [1.54, 1.807) is 13.0 Å². The predicted octanol–water partition coefficient (Wildman–Crippen LogP) is 2.28. The Morgan fingerprint density at radius 1 is 1.12 bits per heavy atom. The van der Waals surface area contributed by atoms with E-state index in [0.717, 1.165) is 16.7 Å². The zero-order valence-corrected chi connectivity index (χ0v) is 10.2. The second kappa shape index (κ2) is 4.92. The molecular formula is C13H17NO2. The Morgan fingerprint density at radius 2 is 1.75 bits per heavy atom. The molecule has 0 aliphatic rings. The molecular weight excluding hydrogens is 202 g/mol. The number of hydrogen-bond donors (Lipinski definition) is 1. The Hall–Kier alpha value is -1.64. The minimum Gasteiger partial charge on any atom is -0.292 e. The molecule has 2 amide bonds. The van der Waals surface area contributed by atoms with Crippen molar-refractivity contribution in [1.29, 1.82) is 0 Å². The Labute approximate surface area is 95.9 Å². The van der Waals surface area contributed by atoms with Gasteiger partial charge in [-0.25, -0.2) is 0 Å². The monoisotopic (exact) mass is 219 g/mol. The van der Waals surface area contributed by atoms with E-state index in [0.29, 0.717) is 12.0 Å². The van der Waals surface area contributed by atoms with E-state index >= 15 is 0 Å². The van der Waals surface area contributed by atoms with Crippen molar-refractivity contribution in [2.75, 3.05) is 0 Å². The van der Waals surface area contributed by atoms with Crippen molar-refractivity contribution in [3.63, 3.8) is 0 Å². The lowest BCUT2D eigenvalue weighted by atomic mass is 9.98. The number of rotatable bonds is 2. The summed E-state index contributed by atoms with van der Waals surface area (Å²) in [5.74, 6) is -0.560. The number of benzene rings is 1. The molecule has 0 aromatic heterocycles. The summed E-state index contributed by atoms with van der Waals surface area (Å²) in [6, 6.07) is 3.66. The molecule has 3 heteroatoms. The summed E-state index contributed by atoms with van der Waals surface area (Å²) in [5.41, 5.74) is 3.75. The Kier molecular flexibility index (Phi) is 3.82. The third kappa shape index (κ3) is 2.48. The van der Waals surface area contributed by atoms with Gasteiger partial charge in [-0.15, -0.1) is 0 Å². The highest BCUT2D eigenvalue weighted by Gasteiger charge is 2.13. The van der Waals surface area contributed by atoms with Crippen LogP contribution in [-0.2, 0) is 4.79 Å². The van der Waals surface area contributed by atoms with E-state index in [1.807, 2.05) is 26.8 Å². The van der Waals surface area contributed by atoms with Crippen LogP contribution in [0, 0.1) is 20.8 Å². The second-order valence-electron chi connectivity index (χ2n) is 3.91. The lowest BCUT2D eigenvalue weighted by molar-refractivity contribution is -0.119. The molecule has 86 valence electrons. The first-order chi connectivity index (χ1) is 7.47. The molecule has 1 aromatic rings. The maximum atomic E-state index is 11.8. The van der Waals surface area contributed by atoms with Crippen LogP contribution in [0.3, 0.4) is 0 Å². The Balaban J connectivity index is 3.01. The molecule has 16 heavy (non-hydrogen) atoms. The zero-order valence-electron chi connectivity index (χ0n) is 10.2. The first-order valence-corrected chi connectivity index (χ1v) is 5.38. The zero-order chi connectivity index (χ0) is 12.3. The standard InChI is InChI=1S/C13H17NO2/c1-5-12(15)14-13(16)11-7-6-8(2)9(3)10(11)4/h6-7H,5H2,1-4H3,(H,14,15,16). The van der Waals surface area contributed by atoms with Crippen molar-refractivity contribution in [2.24, 2.45) is 0 Å². The third-order valence-electron chi connectivity index (χ3n) is 2.88. The van der Waals surface area contributed by atoms with E-state index in [1.165, 1.54) is 0 Å². The van der Waals surface area contributed by atoms with Gasteiger partial charge in [0.2, 0.25) is 5.91 Å². The smallest absolute Gasteiger partial charge is 0.258 e. The highest BCUT2D eigenvalue weighted by Crippen LogP contribution is 2.16. The third-order valence-corrected chi connectivity index (χ3v) is 2.88. The quantitative estimate of drug-likeness (QED) is 0.829. The predicted molar refractivity (Wildman–Crippen MR) is 63.4 cm³/mol. The summed E-state index contributed by atoms with van der Waals surface area (Å²) < 4.78 is 0. The highest BCUT2D eigenvalue weighted by atomic mass is 16.2. The van der Waals surface area contributed by atoms with Crippen molar-refractivity contribution in [2.45, 2.75) is 34.1 Å². The van der Waals surface area contributed by atoms with Gasteiger partial charge in [-0.2, -0.15) is 0 Å². The molecule has 0 aliphatic carbocycles. The first-order valence-electron chi connectivity index (χ1n) is 5.38. The normalized spacial score (nSPS) is 10.0. The van der Waals surface area contributed by atoms with Gasteiger partial charge in [0.05, 0.1) is 0 Å². The molecule has 0 fully saturated rings. The fourth-order valence-electron chi connectivity index (χ4n) is 1.48. The van der Waals surface area contributed by atoms with Crippen LogP contribution in [0.5, 0.6) is 0 Å². The van der Waals surface area contributed by atoms with Crippen LogP contribution in [0.15, 0.2) is 12.1 Å². The van der Waals surface area contributed by atoms with Gasteiger partial charge in [0.1, 0.15) is 0 Å². The van der Waals surface area contributed by atoms with Crippen molar-refractivity contribution in [3.8, 4) is 0 Å². The van der Waals surface area contributed by atoms with E-state index in [-0.39, 0.29) is 11.8 Å². The van der Waals surface area contributed by atoms with E-state index in [4.69, 9.17) is 0 Å². The number of aryl methyl sites for hydroxylation is 1. The molecule has 0 atom stereocenters. The number of carbonyl (C=O) groups excluding carboxylic acids is 2. The average molecular weight is 219 g/mol. The maximum Gasteiger partial charge on any atom is 0.258 e. The summed E-state index contributed by atoms with van der Waals surface area (Å²) >= 11 is 0. The molecule has 0 aliphatic heterocycles. The molecule has 0 saturated carbocycles. The van der Waals surface area contributed by atoms with E-state index < -0.39 is 0 Å². The number of carbonyl (C=O) groups is 2. The van der Waals surface area contributed by atoms with Gasteiger partial charge in [0, 0.05) is 12.0 Å². The van der Waals surface area contributed by atoms with Gasteiger partial charge in [-0.05, 0) is 43.5 Å². The van der Waals surface area contributed by atoms with Crippen LogP contribution in [0.2, 0.25) is 0 Å². The van der Waals surface area contributed by atoms with Crippen molar-refractivity contribution in [3.05, 3.63) is 34.4 Å². The topological polar surface area (TPSA) is 46.2 Å². The van der Waals surface area contributed by atoms with Crippen LogP contribution in [0.4, 0.5) is 0 Å². The molecule has 1 rings (SSSR count). The maximum absolute atomic E-state index is 11.8. The van der Waals surface area contributed by atoms with Gasteiger partial charge in [-0.1, -0.05) is 13.0 Å². The van der Waals surface area contributed by atoms with Crippen molar-refractivity contribution in [1.82, 2.24) is 5.32 Å². The molecule has 1 N–H and O–H groups in total. The molecule has 1 aromatic carbocycles. The molecule has 0 saturated heterocycles. The van der Waals surface area contributed by atoms with Gasteiger partial charge >= 0.3 is 0 Å². The summed E-state index contributed by atoms with van der Waals surface area (Å²) in [4.78, 5) is 22.9. The van der Waals surface area contributed by atoms with Gasteiger partial charge < -0.3 is 0 Å². The van der Waals surface area contributed by atoms with Crippen molar-refractivity contribution < 1.29 is 9.59 Å². The molecule has 3 nitrogen and oxygen atoms in total. The number of imide groups is 1. The van der Waals surface area contributed by atoms with Gasteiger partial charge in [0.15, 0.2) is 0 Å². The SMILES string of the molecule is CCC(=O)NC(=O)c1ccc(C)c(C)c1C. The lowest BCUT2D eigenvalue weighted by Gasteiger charge is -2.10. The Morgan fingerprint density at radius 3 is 2.31 bits per heavy atom. The summed E-state index contributed by atoms with van der Waals surface area (Å²) in [6.45, 7) is 7.59. The van der Waals surface area contributed by atoms with Crippen molar-refractivity contribution >= 4 is 11.8 Å². The minimum absolute atomic E-state index is 0.248. The summed E-state index contributed by atoms with van der Waals surface area (Å²) in [6.07, 6.45) is 0.315. The molecule has 0 heterocycles. The number of nitrogens with one attached hydrogen (secondary N) is 1. The van der Waals surface area contributed by atoms with E-state index in [2.05, 4.69) is 5.32 Å². The lowest BCUT2D eigenvalue weighted by Crippen LogP contribution is -2.30. The Bertz CT molecular complexity index is 436. The van der Waals surface area contributed by atoms with Gasteiger partial charge in [0.25, 0.3) is 5.91 Å². The second-order valence-corrected chi connectivity index (χ2v) is 3.91. The van der Waals surface area contributed by atoms with Crippen LogP contribution in [0.25, 0.3) is 0 Å².